The molecule has 0 aromatic rings. The number of carbonyl (C=O) groups excluding carboxylic acids is 1. The summed E-state index contributed by atoms with van der Waals surface area (Å²) in [5.74, 6) is -0.481. The number of carbonyl (C=O) groups is 2. The van der Waals surface area contributed by atoms with Gasteiger partial charge in [0.15, 0.2) is 0 Å². The summed E-state index contributed by atoms with van der Waals surface area (Å²) in [6.45, 7) is 0. The molecule has 0 aromatic carbocycles. The minimum atomic E-state index is -0.970. The smallest absolute Gasteiger partial charge is 0.326 e. The van der Waals surface area contributed by atoms with Gasteiger partial charge in [-0.3, -0.25) is 4.79 Å². The highest BCUT2D eigenvalue weighted by molar-refractivity contribution is 7.98. The number of nitrogens with one attached hydrogen (secondary N) is 1. The van der Waals surface area contributed by atoms with Crippen molar-refractivity contribution < 1.29 is 14.7 Å². The molecule has 0 aliphatic heterocycles. The number of amides is 1. The quantitative estimate of drug-likeness (QED) is 0.645. The van der Waals surface area contributed by atoms with Crippen LogP contribution in [-0.4, -0.2) is 39.8 Å². The van der Waals surface area contributed by atoms with Crippen molar-refractivity contribution in [3.05, 3.63) is 0 Å². The van der Waals surface area contributed by atoms with Crippen molar-refractivity contribution >= 4 is 36.3 Å². The Morgan fingerprint density at radius 1 is 1.47 bits per heavy atom. The summed E-state index contributed by atoms with van der Waals surface area (Å²) in [5.41, 5.74) is 0. The number of carboxylic acid groups (broad SMARTS) is 1. The van der Waals surface area contributed by atoms with Crippen LogP contribution in [0.15, 0.2) is 0 Å². The Hall–Kier alpha value is -0.360. The first-order valence-electron chi connectivity index (χ1n) is 5.75. The molecule has 98 valence electrons. The maximum atomic E-state index is 12.0. The molecule has 0 spiro atoms. The van der Waals surface area contributed by atoms with E-state index in [2.05, 4.69) is 17.9 Å². The zero-order valence-corrected chi connectivity index (χ0v) is 11.7. The molecular formula is C11H19NO3S2. The number of hydrogen-bond donors (Lipinski definition) is 3. The SMILES string of the molecule is CSCCC(NC(=O)C1(S)CCCC1)C(=O)O. The van der Waals surface area contributed by atoms with E-state index in [0.717, 1.165) is 31.4 Å². The molecule has 4 nitrogen and oxygen atoms in total. The molecule has 2 N–H and O–H groups in total. The minimum Gasteiger partial charge on any atom is -0.480 e. The van der Waals surface area contributed by atoms with Gasteiger partial charge in [-0.05, 0) is 31.3 Å². The van der Waals surface area contributed by atoms with Crippen LogP contribution in [0, 0.1) is 0 Å². The summed E-state index contributed by atoms with van der Waals surface area (Å²) in [5, 5.41) is 11.6. The lowest BCUT2D eigenvalue weighted by Crippen LogP contribution is -2.49. The van der Waals surface area contributed by atoms with E-state index < -0.39 is 16.8 Å². The highest BCUT2D eigenvalue weighted by atomic mass is 32.2. The molecule has 1 aliphatic carbocycles. The number of aliphatic carboxylic acids is 1. The van der Waals surface area contributed by atoms with E-state index in [1.807, 2.05) is 6.26 Å². The largest absolute Gasteiger partial charge is 0.480 e. The lowest BCUT2D eigenvalue weighted by molar-refractivity contribution is -0.142. The van der Waals surface area contributed by atoms with Crippen molar-refractivity contribution in [2.75, 3.05) is 12.0 Å². The zero-order chi connectivity index (χ0) is 12.9. The van der Waals surface area contributed by atoms with Gasteiger partial charge in [-0.15, -0.1) is 0 Å². The Morgan fingerprint density at radius 2 is 2.06 bits per heavy atom. The van der Waals surface area contributed by atoms with E-state index in [0.29, 0.717) is 6.42 Å². The van der Waals surface area contributed by atoms with Crippen LogP contribution >= 0.6 is 24.4 Å². The third kappa shape index (κ3) is 4.10. The third-order valence-corrected chi connectivity index (χ3v) is 4.36. The zero-order valence-electron chi connectivity index (χ0n) is 9.94. The number of thioether (sulfide) groups is 1. The maximum absolute atomic E-state index is 12.0. The van der Waals surface area contributed by atoms with Crippen LogP contribution in [0.3, 0.4) is 0 Å². The monoisotopic (exact) mass is 277 g/mol. The van der Waals surface area contributed by atoms with E-state index in [9.17, 15) is 9.59 Å². The van der Waals surface area contributed by atoms with Gasteiger partial charge in [0, 0.05) is 0 Å². The molecule has 0 aromatic heterocycles. The normalized spacial score (nSPS) is 19.9. The molecule has 1 amide bonds. The van der Waals surface area contributed by atoms with Gasteiger partial charge in [0.2, 0.25) is 5.91 Å². The van der Waals surface area contributed by atoms with Crippen molar-refractivity contribution in [2.45, 2.75) is 42.9 Å². The van der Waals surface area contributed by atoms with E-state index in [4.69, 9.17) is 5.11 Å². The van der Waals surface area contributed by atoms with E-state index >= 15 is 0 Å². The molecular weight excluding hydrogens is 258 g/mol. The molecule has 6 heteroatoms. The number of carboxylic acids is 1. The molecule has 1 atom stereocenters. The van der Waals surface area contributed by atoms with E-state index in [-0.39, 0.29) is 5.91 Å². The van der Waals surface area contributed by atoms with Crippen molar-refractivity contribution in [1.29, 1.82) is 0 Å². The van der Waals surface area contributed by atoms with Crippen LogP contribution in [0.1, 0.15) is 32.1 Å². The topological polar surface area (TPSA) is 66.4 Å². The Morgan fingerprint density at radius 3 is 2.53 bits per heavy atom. The Balaban J connectivity index is 2.54. The highest BCUT2D eigenvalue weighted by Crippen LogP contribution is 2.35. The summed E-state index contributed by atoms with van der Waals surface area (Å²) in [4.78, 5) is 23.0. The summed E-state index contributed by atoms with van der Waals surface area (Å²) in [7, 11) is 0. The van der Waals surface area contributed by atoms with Gasteiger partial charge in [-0.1, -0.05) is 12.8 Å². The molecule has 0 bridgehead atoms. The maximum Gasteiger partial charge on any atom is 0.326 e. The average molecular weight is 277 g/mol. The molecule has 17 heavy (non-hydrogen) atoms. The first kappa shape index (κ1) is 14.7. The van der Waals surface area contributed by atoms with Crippen LogP contribution in [0.25, 0.3) is 0 Å². The Labute approximate surface area is 111 Å². The van der Waals surface area contributed by atoms with Gasteiger partial charge in [-0.2, -0.15) is 24.4 Å². The molecule has 0 radical (unpaired) electrons. The van der Waals surface area contributed by atoms with Gasteiger partial charge in [0.1, 0.15) is 6.04 Å². The van der Waals surface area contributed by atoms with Crippen molar-refractivity contribution in [3.8, 4) is 0 Å². The fourth-order valence-corrected chi connectivity index (χ4v) is 2.82. The lowest BCUT2D eigenvalue weighted by Gasteiger charge is -2.24. The van der Waals surface area contributed by atoms with Gasteiger partial charge in [0.05, 0.1) is 4.75 Å². The standard InChI is InChI=1S/C11H19NO3S2/c1-17-7-4-8(9(13)14)12-10(15)11(16)5-2-3-6-11/h8,16H,2-7H2,1H3,(H,12,15)(H,13,14). The molecule has 1 rings (SSSR count). The number of rotatable bonds is 6. The van der Waals surface area contributed by atoms with E-state index in [1.165, 1.54) is 0 Å². The molecule has 0 saturated heterocycles. The molecule has 1 saturated carbocycles. The van der Waals surface area contributed by atoms with Crippen molar-refractivity contribution in [3.63, 3.8) is 0 Å². The summed E-state index contributed by atoms with van der Waals surface area (Å²) >= 11 is 5.97. The molecule has 1 unspecified atom stereocenters. The number of thiol groups is 1. The Kier molecular flexibility index (Phi) is 5.66. The first-order valence-corrected chi connectivity index (χ1v) is 7.59. The molecule has 1 aliphatic rings. The van der Waals surface area contributed by atoms with Crippen LogP contribution < -0.4 is 5.32 Å². The second-order valence-corrected chi connectivity index (χ2v) is 6.23. The summed E-state index contributed by atoms with van der Waals surface area (Å²) in [6, 6.07) is -0.792. The van der Waals surface area contributed by atoms with Gasteiger partial charge >= 0.3 is 5.97 Å². The van der Waals surface area contributed by atoms with Gasteiger partial charge in [-0.25, -0.2) is 4.79 Å². The number of hydrogen-bond acceptors (Lipinski definition) is 4. The predicted molar refractivity (Wildman–Crippen MR) is 72.8 cm³/mol. The summed E-state index contributed by atoms with van der Waals surface area (Å²) in [6.07, 6.45) is 5.80. The van der Waals surface area contributed by atoms with Gasteiger partial charge in [0.25, 0.3) is 0 Å². The van der Waals surface area contributed by atoms with Crippen molar-refractivity contribution in [1.82, 2.24) is 5.32 Å². The minimum absolute atomic E-state index is 0.230. The lowest BCUT2D eigenvalue weighted by atomic mass is 10.1. The Bertz CT molecular complexity index is 290. The van der Waals surface area contributed by atoms with Crippen molar-refractivity contribution in [2.24, 2.45) is 0 Å². The second-order valence-electron chi connectivity index (χ2n) is 4.38. The summed E-state index contributed by atoms with van der Waals surface area (Å²) < 4.78 is -0.660. The van der Waals surface area contributed by atoms with Crippen LogP contribution in [0.4, 0.5) is 0 Å². The fourth-order valence-electron chi connectivity index (χ4n) is 1.97. The second kappa shape index (κ2) is 6.54. The van der Waals surface area contributed by atoms with Crippen LogP contribution in [0.2, 0.25) is 0 Å². The van der Waals surface area contributed by atoms with Gasteiger partial charge < -0.3 is 10.4 Å². The van der Waals surface area contributed by atoms with Crippen LogP contribution in [0.5, 0.6) is 0 Å². The molecule has 1 fully saturated rings. The predicted octanol–water partition coefficient (Wildman–Crippen LogP) is 1.55. The fraction of sp³-hybridized carbons (Fsp3) is 0.818. The molecule has 0 heterocycles. The van der Waals surface area contributed by atoms with Crippen LogP contribution in [-0.2, 0) is 9.59 Å². The highest BCUT2D eigenvalue weighted by Gasteiger charge is 2.39. The average Bonchev–Trinajstić information content (AvgIpc) is 2.72. The van der Waals surface area contributed by atoms with E-state index in [1.54, 1.807) is 11.8 Å². The third-order valence-electron chi connectivity index (χ3n) is 3.07. The first-order chi connectivity index (χ1) is 7.99.